The van der Waals surface area contributed by atoms with E-state index in [0.717, 1.165) is 56.5 Å². The van der Waals surface area contributed by atoms with Crippen molar-refractivity contribution in [1.29, 1.82) is 0 Å². The molecule has 9 nitrogen and oxygen atoms in total. The molecular formula is C32H41N5O4. The zero-order chi connectivity index (χ0) is 28.6. The van der Waals surface area contributed by atoms with Gasteiger partial charge in [-0.15, -0.1) is 0 Å². The summed E-state index contributed by atoms with van der Waals surface area (Å²) in [4.78, 5) is 35.0. The molecule has 3 atom stereocenters. The Bertz CT molecular complexity index is 1280. The summed E-state index contributed by atoms with van der Waals surface area (Å²) in [7, 11) is 1.63. The first-order valence-corrected chi connectivity index (χ1v) is 14.7. The number of hydrogen-bond donors (Lipinski definition) is 2. The summed E-state index contributed by atoms with van der Waals surface area (Å²) in [6.45, 7) is 2.98. The lowest BCUT2D eigenvalue weighted by molar-refractivity contribution is 0.0629. The van der Waals surface area contributed by atoms with Crippen molar-refractivity contribution in [3.63, 3.8) is 0 Å². The van der Waals surface area contributed by atoms with Crippen LogP contribution in [0.15, 0.2) is 67.0 Å². The third kappa shape index (κ3) is 6.63. The molecule has 5 rings (SSSR count). The Morgan fingerprint density at radius 1 is 1.07 bits per heavy atom. The lowest BCUT2D eigenvalue weighted by Crippen LogP contribution is -2.54. The molecule has 218 valence electrons. The van der Waals surface area contributed by atoms with Gasteiger partial charge in [0.1, 0.15) is 0 Å². The van der Waals surface area contributed by atoms with Crippen LogP contribution >= 0.6 is 0 Å². The number of methoxy groups -OCH3 is 1. The number of ether oxygens (including phenoxy) is 1. The maximum absolute atomic E-state index is 14.3. The maximum Gasteiger partial charge on any atom is 0.407 e. The van der Waals surface area contributed by atoms with Crippen LogP contribution in [0, 0.1) is 0 Å². The summed E-state index contributed by atoms with van der Waals surface area (Å²) in [6, 6.07) is 19.9. The fraction of sp³-hybridized carbons (Fsp3) is 0.469. The van der Waals surface area contributed by atoms with E-state index in [9.17, 15) is 14.7 Å². The number of rotatable bonds is 10. The van der Waals surface area contributed by atoms with Gasteiger partial charge in [0.15, 0.2) is 5.69 Å². The average molecular weight is 560 g/mol. The van der Waals surface area contributed by atoms with Crippen LogP contribution in [0.3, 0.4) is 0 Å². The Morgan fingerprint density at radius 3 is 2.54 bits per heavy atom. The third-order valence-corrected chi connectivity index (χ3v) is 8.41. The highest BCUT2D eigenvalue weighted by molar-refractivity contribution is 5.98. The van der Waals surface area contributed by atoms with Crippen LogP contribution in [-0.4, -0.2) is 88.4 Å². The van der Waals surface area contributed by atoms with Crippen molar-refractivity contribution in [1.82, 2.24) is 24.7 Å². The van der Waals surface area contributed by atoms with Gasteiger partial charge in [-0.3, -0.25) is 4.79 Å². The van der Waals surface area contributed by atoms with Crippen molar-refractivity contribution in [2.45, 2.75) is 56.7 Å². The maximum atomic E-state index is 14.3. The number of hydrogen-bond acceptors (Lipinski definition) is 5. The van der Waals surface area contributed by atoms with Gasteiger partial charge in [0, 0.05) is 51.5 Å². The summed E-state index contributed by atoms with van der Waals surface area (Å²) in [5.41, 5.74) is 3.31. The number of nitrogens with zero attached hydrogens (tertiary/aromatic N) is 4. The zero-order valence-electron chi connectivity index (χ0n) is 23.8. The van der Waals surface area contributed by atoms with Gasteiger partial charge in [-0.05, 0) is 31.2 Å². The second-order valence-electron chi connectivity index (χ2n) is 11.0. The van der Waals surface area contributed by atoms with Crippen molar-refractivity contribution in [3.8, 4) is 11.3 Å². The van der Waals surface area contributed by atoms with Gasteiger partial charge in [-0.25, -0.2) is 9.78 Å². The monoisotopic (exact) mass is 559 g/mol. The summed E-state index contributed by atoms with van der Waals surface area (Å²) in [6.07, 6.45) is 5.82. The minimum atomic E-state index is -0.916. The van der Waals surface area contributed by atoms with Gasteiger partial charge in [0.25, 0.3) is 5.91 Å². The molecule has 1 saturated heterocycles. The first-order valence-electron chi connectivity index (χ1n) is 14.7. The predicted molar refractivity (Wildman–Crippen MR) is 158 cm³/mol. The second-order valence-corrected chi connectivity index (χ2v) is 11.0. The van der Waals surface area contributed by atoms with Crippen molar-refractivity contribution in [3.05, 3.63) is 78.2 Å². The molecule has 2 aliphatic rings. The van der Waals surface area contributed by atoms with Gasteiger partial charge >= 0.3 is 6.09 Å². The van der Waals surface area contributed by atoms with Gasteiger partial charge in [0.05, 0.1) is 24.1 Å². The van der Waals surface area contributed by atoms with E-state index < -0.39 is 6.09 Å². The summed E-state index contributed by atoms with van der Waals surface area (Å²) in [5.74, 6) is -0.0763. The van der Waals surface area contributed by atoms with Crippen LogP contribution in [0.1, 0.15) is 54.2 Å². The molecule has 1 aromatic heterocycles. The SMILES string of the molecule is COCCCN(C(=O)O)[C@H]1CCCC[C@@H]1n1cnc(C(=O)N2CCNC[C@H]2Cc2ccccc2)c1-c1ccccc1. The highest BCUT2D eigenvalue weighted by Gasteiger charge is 2.37. The first-order chi connectivity index (χ1) is 20.1. The normalized spacial score (nSPS) is 21.0. The molecule has 2 heterocycles. The standard InChI is InChI=1S/C32H41N5O4/c1-41-20-10-18-36(32(39)40)27-15-8-9-16-28(27)37-23-34-29(30(37)25-13-6-3-7-14-25)31(38)35-19-17-33-22-26(35)21-24-11-4-2-5-12-24/h2-7,11-14,23,26-28,33H,8-10,15-22H2,1H3,(H,39,40)/t26-,27+,28+/m1/s1. The zero-order valence-corrected chi connectivity index (χ0v) is 23.8. The summed E-state index contributed by atoms with van der Waals surface area (Å²) in [5, 5.41) is 13.6. The Kier molecular flexibility index (Phi) is 9.69. The van der Waals surface area contributed by atoms with E-state index in [1.807, 2.05) is 53.4 Å². The fourth-order valence-corrected chi connectivity index (χ4v) is 6.45. The van der Waals surface area contributed by atoms with Gasteiger partial charge in [-0.2, -0.15) is 0 Å². The van der Waals surface area contributed by atoms with E-state index in [1.54, 1.807) is 18.3 Å². The van der Waals surface area contributed by atoms with Crippen LogP contribution in [0.5, 0.6) is 0 Å². The molecule has 1 aliphatic carbocycles. The van der Waals surface area contributed by atoms with Gasteiger partial charge in [-0.1, -0.05) is 73.5 Å². The molecule has 0 radical (unpaired) electrons. The molecule has 1 saturated carbocycles. The number of carbonyl (C=O) groups is 2. The third-order valence-electron chi connectivity index (χ3n) is 8.41. The lowest BCUT2D eigenvalue weighted by Gasteiger charge is -2.40. The quantitative estimate of drug-likeness (QED) is 0.349. The van der Waals surface area contributed by atoms with Gasteiger partial charge < -0.3 is 29.5 Å². The first kappa shape index (κ1) is 28.8. The highest BCUT2D eigenvalue weighted by atomic mass is 16.5. The van der Waals surface area contributed by atoms with Crippen LogP contribution in [0.4, 0.5) is 4.79 Å². The Hall–Kier alpha value is -3.69. The number of piperazine rings is 1. The van der Waals surface area contributed by atoms with E-state index in [4.69, 9.17) is 9.72 Å². The smallest absolute Gasteiger partial charge is 0.407 e. The molecule has 1 aliphatic heterocycles. The fourth-order valence-electron chi connectivity index (χ4n) is 6.45. The van der Waals surface area contributed by atoms with Crippen LogP contribution in [-0.2, 0) is 11.2 Å². The molecular weight excluding hydrogens is 518 g/mol. The summed E-state index contributed by atoms with van der Waals surface area (Å²) < 4.78 is 7.29. The largest absolute Gasteiger partial charge is 0.465 e. The molecule has 0 unspecified atom stereocenters. The Labute approximate surface area is 242 Å². The second kappa shape index (κ2) is 13.8. The van der Waals surface area contributed by atoms with Crippen LogP contribution < -0.4 is 5.32 Å². The van der Waals surface area contributed by atoms with Crippen LogP contribution in [0.25, 0.3) is 11.3 Å². The minimum Gasteiger partial charge on any atom is -0.465 e. The predicted octanol–water partition coefficient (Wildman–Crippen LogP) is 4.71. The molecule has 2 amide bonds. The molecule has 41 heavy (non-hydrogen) atoms. The Balaban J connectivity index is 1.50. The van der Waals surface area contributed by atoms with E-state index in [1.165, 1.54) is 5.56 Å². The lowest BCUT2D eigenvalue weighted by atomic mass is 9.88. The van der Waals surface area contributed by atoms with Crippen molar-refractivity contribution >= 4 is 12.0 Å². The molecule has 2 fully saturated rings. The molecule has 0 bridgehead atoms. The molecule has 3 aromatic rings. The Morgan fingerprint density at radius 2 is 1.80 bits per heavy atom. The number of amides is 2. The molecule has 9 heteroatoms. The van der Waals surface area contributed by atoms with E-state index in [0.29, 0.717) is 31.8 Å². The van der Waals surface area contributed by atoms with Crippen molar-refractivity contribution < 1.29 is 19.4 Å². The number of imidazole rings is 1. The minimum absolute atomic E-state index is 0.0122. The number of carbonyl (C=O) groups excluding carboxylic acids is 1. The van der Waals surface area contributed by atoms with Crippen LogP contribution in [0.2, 0.25) is 0 Å². The van der Waals surface area contributed by atoms with Gasteiger partial charge in [0.2, 0.25) is 0 Å². The van der Waals surface area contributed by atoms with E-state index in [-0.39, 0.29) is 24.0 Å². The summed E-state index contributed by atoms with van der Waals surface area (Å²) >= 11 is 0. The molecule has 2 aromatic carbocycles. The molecule has 0 spiro atoms. The highest BCUT2D eigenvalue weighted by Crippen LogP contribution is 2.37. The molecule has 2 N–H and O–H groups in total. The number of nitrogens with one attached hydrogen (secondary N) is 1. The van der Waals surface area contributed by atoms with Crippen molar-refractivity contribution in [2.24, 2.45) is 0 Å². The number of carboxylic acid groups (broad SMARTS) is 1. The van der Waals surface area contributed by atoms with E-state index >= 15 is 0 Å². The van der Waals surface area contributed by atoms with Crippen molar-refractivity contribution in [2.75, 3.05) is 39.9 Å². The van der Waals surface area contributed by atoms with E-state index in [2.05, 4.69) is 22.0 Å². The topological polar surface area (TPSA) is 99.9 Å². The average Bonchev–Trinajstić information content (AvgIpc) is 3.45. The number of benzene rings is 2. The number of aromatic nitrogens is 2.